The minimum absolute atomic E-state index is 1.11. The van der Waals surface area contributed by atoms with Crippen LogP contribution in [0.25, 0.3) is 10.8 Å². The van der Waals surface area contributed by atoms with E-state index in [0.717, 1.165) is 19.3 Å². The van der Waals surface area contributed by atoms with Crippen molar-refractivity contribution in [1.82, 2.24) is 0 Å². The Balaban J connectivity index is 1.72. The summed E-state index contributed by atoms with van der Waals surface area (Å²) in [6.07, 6.45) is 3.34. The molecule has 20 heavy (non-hydrogen) atoms. The Kier molecular flexibility index (Phi) is 3.83. The Labute approximate surface area is 121 Å². The van der Waals surface area contributed by atoms with Gasteiger partial charge in [0.25, 0.3) is 0 Å². The first kappa shape index (κ1) is 12.9. The lowest BCUT2D eigenvalue weighted by atomic mass is 10.0. The molecule has 0 heterocycles. The smallest absolute Gasteiger partial charge is 0.0181 e. The predicted molar refractivity (Wildman–Crippen MR) is 87.2 cm³/mol. The summed E-state index contributed by atoms with van der Waals surface area (Å²) < 4.78 is 0. The van der Waals surface area contributed by atoms with E-state index in [0.29, 0.717) is 0 Å². The Morgan fingerprint density at radius 1 is 0.600 bits per heavy atom. The predicted octanol–water partition coefficient (Wildman–Crippen LogP) is 5.19. The number of aryl methyl sites for hydroxylation is 3. The summed E-state index contributed by atoms with van der Waals surface area (Å²) in [5, 5.41) is 2.66. The van der Waals surface area contributed by atoms with Crippen LogP contribution in [0.5, 0.6) is 0 Å². The summed E-state index contributed by atoms with van der Waals surface area (Å²) in [4.78, 5) is 0. The fourth-order valence-corrected chi connectivity index (χ4v) is 2.62. The minimum atomic E-state index is 1.11. The summed E-state index contributed by atoms with van der Waals surface area (Å²) in [5.41, 5.74) is 4.26. The normalized spacial score (nSPS) is 10.8. The molecule has 0 aliphatic rings. The van der Waals surface area contributed by atoms with Crippen LogP contribution in [0.4, 0.5) is 0 Å². The molecule has 100 valence electrons. The van der Waals surface area contributed by atoms with Crippen LogP contribution >= 0.6 is 0 Å². The van der Waals surface area contributed by atoms with Gasteiger partial charge in [-0.1, -0.05) is 73.7 Å². The molecule has 0 radical (unpaired) electrons. The molecular formula is C20H20. The molecule has 0 unspecified atom stereocenters. The van der Waals surface area contributed by atoms with Crippen LogP contribution < -0.4 is 0 Å². The molecule has 0 amide bonds. The van der Waals surface area contributed by atoms with Crippen molar-refractivity contribution in [3.63, 3.8) is 0 Å². The van der Waals surface area contributed by atoms with Gasteiger partial charge < -0.3 is 0 Å². The molecule has 0 saturated carbocycles. The van der Waals surface area contributed by atoms with Gasteiger partial charge in [0.05, 0.1) is 0 Å². The van der Waals surface area contributed by atoms with Gasteiger partial charge in [-0.15, -0.1) is 0 Å². The summed E-state index contributed by atoms with van der Waals surface area (Å²) in [5.74, 6) is 0. The molecule has 3 aromatic rings. The Hall–Kier alpha value is -2.08. The van der Waals surface area contributed by atoms with E-state index < -0.39 is 0 Å². The maximum atomic E-state index is 2.32. The van der Waals surface area contributed by atoms with Crippen molar-refractivity contribution in [1.29, 1.82) is 0 Å². The van der Waals surface area contributed by atoms with E-state index in [4.69, 9.17) is 0 Å². The molecule has 0 bridgehead atoms. The molecule has 0 spiro atoms. The Bertz CT molecular complexity index is 693. The van der Waals surface area contributed by atoms with Crippen molar-refractivity contribution in [3.05, 3.63) is 83.4 Å². The third-order valence-electron chi connectivity index (χ3n) is 3.95. The maximum absolute atomic E-state index is 2.32. The molecule has 0 aliphatic carbocycles. The van der Waals surface area contributed by atoms with Crippen molar-refractivity contribution in [2.24, 2.45) is 0 Å². The molecule has 3 aromatic carbocycles. The van der Waals surface area contributed by atoms with Crippen molar-refractivity contribution in [3.8, 4) is 0 Å². The lowest BCUT2D eigenvalue weighted by Gasteiger charge is -2.05. The van der Waals surface area contributed by atoms with Crippen molar-refractivity contribution >= 4 is 10.8 Å². The zero-order valence-corrected chi connectivity index (χ0v) is 12.0. The van der Waals surface area contributed by atoms with E-state index in [1.165, 1.54) is 27.5 Å². The topological polar surface area (TPSA) is 0 Å². The molecule has 0 heteroatoms. The van der Waals surface area contributed by atoms with Crippen LogP contribution in [0.1, 0.15) is 23.6 Å². The molecule has 3 rings (SSSR count). The highest BCUT2D eigenvalue weighted by molar-refractivity contribution is 5.82. The van der Waals surface area contributed by atoms with Crippen LogP contribution in [-0.4, -0.2) is 0 Å². The lowest BCUT2D eigenvalue weighted by molar-refractivity contribution is 0.959. The van der Waals surface area contributed by atoms with Crippen LogP contribution in [0.3, 0.4) is 0 Å². The number of rotatable bonds is 4. The van der Waals surface area contributed by atoms with Crippen molar-refractivity contribution in [2.45, 2.75) is 26.2 Å². The zero-order valence-electron chi connectivity index (χ0n) is 12.0. The molecule has 0 nitrogen and oxygen atoms in total. The first-order valence-corrected chi connectivity index (χ1v) is 7.40. The second kappa shape index (κ2) is 5.92. The SMILES string of the molecule is CCc1ccc(CCc2ccc3ccccc3c2)cc1. The van der Waals surface area contributed by atoms with Gasteiger partial charge >= 0.3 is 0 Å². The number of benzene rings is 3. The quantitative estimate of drug-likeness (QED) is 0.605. The average Bonchev–Trinajstić information content (AvgIpc) is 2.53. The van der Waals surface area contributed by atoms with Crippen LogP contribution in [0.2, 0.25) is 0 Å². The first-order valence-electron chi connectivity index (χ1n) is 7.40. The standard InChI is InChI=1S/C20H20/c1-2-16-7-9-17(10-8-16)11-12-18-13-14-19-5-3-4-6-20(19)15-18/h3-10,13-15H,2,11-12H2,1H3. The highest BCUT2D eigenvalue weighted by Gasteiger charge is 1.98. The van der Waals surface area contributed by atoms with E-state index in [1.54, 1.807) is 0 Å². The first-order chi connectivity index (χ1) is 9.85. The van der Waals surface area contributed by atoms with Gasteiger partial charge in [-0.05, 0) is 46.7 Å². The second-order valence-corrected chi connectivity index (χ2v) is 5.35. The monoisotopic (exact) mass is 260 g/mol. The second-order valence-electron chi connectivity index (χ2n) is 5.35. The maximum Gasteiger partial charge on any atom is -0.0181 e. The van der Waals surface area contributed by atoms with E-state index in [1.807, 2.05) is 0 Å². The molecule has 0 saturated heterocycles. The van der Waals surface area contributed by atoms with Gasteiger partial charge in [0.1, 0.15) is 0 Å². The molecule has 0 atom stereocenters. The van der Waals surface area contributed by atoms with Crippen LogP contribution in [0, 0.1) is 0 Å². The summed E-state index contributed by atoms with van der Waals surface area (Å²) in [7, 11) is 0. The van der Waals surface area contributed by atoms with Gasteiger partial charge in [0.2, 0.25) is 0 Å². The van der Waals surface area contributed by atoms with Crippen molar-refractivity contribution in [2.75, 3.05) is 0 Å². The van der Waals surface area contributed by atoms with E-state index in [-0.39, 0.29) is 0 Å². The Morgan fingerprint density at radius 2 is 1.20 bits per heavy atom. The average molecular weight is 260 g/mol. The highest BCUT2D eigenvalue weighted by atomic mass is 14.0. The van der Waals surface area contributed by atoms with Gasteiger partial charge in [0, 0.05) is 0 Å². The molecule has 0 aromatic heterocycles. The summed E-state index contributed by atoms with van der Waals surface area (Å²) in [6.45, 7) is 2.20. The van der Waals surface area contributed by atoms with Crippen molar-refractivity contribution < 1.29 is 0 Å². The Morgan fingerprint density at radius 3 is 1.95 bits per heavy atom. The molecule has 0 fully saturated rings. The highest BCUT2D eigenvalue weighted by Crippen LogP contribution is 2.17. The summed E-state index contributed by atoms with van der Waals surface area (Å²) >= 11 is 0. The van der Waals surface area contributed by atoms with E-state index in [9.17, 15) is 0 Å². The van der Waals surface area contributed by atoms with Crippen LogP contribution in [-0.2, 0) is 19.3 Å². The third kappa shape index (κ3) is 2.91. The number of hydrogen-bond donors (Lipinski definition) is 0. The molecular weight excluding hydrogens is 240 g/mol. The van der Waals surface area contributed by atoms with Gasteiger partial charge in [-0.2, -0.15) is 0 Å². The fraction of sp³-hybridized carbons (Fsp3) is 0.200. The third-order valence-corrected chi connectivity index (χ3v) is 3.95. The largest absolute Gasteiger partial charge is 0.0616 e. The minimum Gasteiger partial charge on any atom is -0.0616 e. The molecule has 0 N–H and O–H groups in total. The number of hydrogen-bond acceptors (Lipinski definition) is 0. The lowest BCUT2D eigenvalue weighted by Crippen LogP contribution is -1.92. The zero-order chi connectivity index (χ0) is 13.8. The number of fused-ring (bicyclic) bond motifs is 1. The molecule has 0 aliphatic heterocycles. The van der Waals surface area contributed by atoms with Gasteiger partial charge in [-0.25, -0.2) is 0 Å². The van der Waals surface area contributed by atoms with Gasteiger partial charge in [0.15, 0.2) is 0 Å². The van der Waals surface area contributed by atoms with E-state index >= 15 is 0 Å². The van der Waals surface area contributed by atoms with Crippen LogP contribution in [0.15, 0.2) is 66.7 Å². The fourth-order valence-electron chi connectivity index (χ4n) is 2.62. The van der Waals surface area contributed by atoms with Gasteiger partial charge in [-0.3, -0.25) is 0 Å². The van der Waals surface area contributed by atoms with E-state index in [2.05, 4.69) is 73.7 Å². The summed E-state index contributed by atoms with van der Waals surface area (Å²) in [6, 6.07) is 24.4.